The number of anilines is 2. The number of carboxylic acid groups (broad SMARTS) is 1. The fourth-order valence-electron chi connectivity index (χ4n) is 2.21. The van der Waals surface area contributed by atoms with E-state index in [2.05, 4.69) is 15.3 Å². The maximum Gasteiger partial charge on any atom is 0.354 e. The number of pyridine rings is 2. The molecule has 2 heterocycles. The molecule has 6 nitrogen and oxygen atoms in total. The zero-order valence-electron chi connectivity index (χ0n) is 11.7. The third-order valence-electron chi connectivity index (χ3n) is 3.30. The zero-order valence-corrected chi connectivity index (χ0v) is 11.7. The SMILES string of the molecule is Nc1nccc2cc(CNc3cccc(C(=O)O)n3)ccc12. The Bertz CT molecular complexity index is 848. The number of carbonyl (C=O) groups is 1. The number of nitrogen functional groups attached to an aromatic ring is 1. The van der Waals surface area contributed by atoms with Crippen LogP contribution >= 0.6 is 0 Å². The second-order valence-corrected chi connectivity index (χ2v) is 4.82. The summed E-state index contributed by atoms with van der Waals surface area (Å²) >= 11 is 0. The van der Waals surface area contributed by atoms with Gasteiger partial charge in [0, 0.05) is 18.1 Å². The summed E-state index contributed by atoms with van der Waals surface area (Å²) in [4.78, 5) is 19.0. The Labute approximate surface area is 126 Å². The van der Waals surface area contributed by atoms with Crippen molar-refractivity contribution in [3.8, 4) is 0 Å². The van der Waals surface area contributed by atoms with Crippen LogP contribution in [0.1, 0.15) is 16.1 Å². The summed E-state index contributed by atoms with van der Waals surface area (Å²) in [5, 5.41) is 14.0. The van der Waals surface area contributed by atoms with Crippen molar-refractivity contribution < 1.29 is 9.90 Å². The smallest absolute Gasteiger partial charge is 0.354 e. The molecule has 6 heteroatoms. The predicted octanol–water partition coefficient (Wildman–Crippen LogP) is 2.52. The Balaban J connectivity index is 1.79. The highest BCUT2D eigenvalue weighted by Crippen LogP contribution is 2.20. The number of aromatic nitrogens is 2. The molecule has 2 aromatic heterocycles. The lowest BCUT2D eigenvalue weighted by atomic mass is 10.1. The maximum atomic E-state index is 10.9. The molecule has 22 heavy (non-hydrogen) atoms. The number of nitrogens with zero attached hydrogens (tertiary/aromatic N) is 2. The van der Waals surface area contributed by atoms with Crippen LogP contribution in [0.2, 0.25) is 0 Å². The van der Waals surface area contributed by atoms with Gasteiger partial charge in [0.2, 0.25) is 0 Å². The lowest BCUT2D eigenvalue weighted by Gasteiger charge is -2.08. The molecule has 0 amide bonds. The second kappa shape index (κ2) is 5.69. The molecule has 0 saturated heterocycles. The highest BCUT2D eigenvalue weighted by molar-refractivity contribution is 5.91. The third-order valence-corrected chi connectivity index (χ3v) is 3.30. The Hall–Kier alpha value is -3.15. The van der Waals surface area contributed by atoms with E-state index < -0.39 is 5.97 Å². The Morgan fingerprint density at radius 3 is 2.91 bits per heavy atom. The topological polar surface area (TPSA) is 101 Å². The number of hydrogen-bond acceptors (Lipinski definition) is 5. The number of nitrogens with two attached hydrogens (primary N) is 1. The van der Waals surface area contributed by atoms with Crippen molar-refractivity contribution in [2.45, 2.75) is 6.54 Å². The van der Waals surface area contributed by atoms with Gasteiger partial charge < -0.3 is 16.2 Å². The second-order valence-electron chi connectivity index (χ2n) is 4.82. The van der Waals surface area contributed by atoms with Gasteiger partial charge in [0.1, 0.15) is 11.6 Å². The molecule has 1 aromatic carbocycles. The van der Waals surface area contributed by atoms with Crippen LogP contribution in [0.5, 0.6) is 0 Å². The first-order chi connectivity index (χ1) is 10.6. The Morgan fingerprint density at radius 1 is 1.23 bits per heavy atom. The zero-order chi connectivity index (χ0) is 15.5. The van der Waals surface area contributed by atoms with E-state index in [1.165, 1.54) is 6.07 Å². The van der Waals surface area contributed by atoms with Crippen LogP contribution in [0, 0.1) is 0 Å². The van der Waals surface area contributed by atoms with E-state index in [0.29, 0.717) is 18.2 Å². The van der Waals surface area contributed by atoms with Gasteiger partial charge in [0.25, 0.3) is 0 Å². The lowest BCUT2D eigenvalue weighted by molar-refractivity contribution is 0.0690. The van der Waals surface area contributed by atoms with Gasteiger partial charge in [-0.05, 0) is 35.2 Å². The van der Waals surface area contributed by atoms with Gasteiger partial charge >= 0.3 is 5.97 Å². The third kappa shape index (κ3) is 2.80. The van der Waals surface area contributed by atoms with E-state index in [-0.39, 0.29) is 5.69 Å². The van der Waals surface area contributed by atoms with Crippen molar-refractivity contribution in [3.05, 3.63) is 59.9 Å². The molecular weight excluding hydrogens is 280 g/mol. The summed E-state index contributed by atoms with van der Waals surface area (Å²) in [7, 11) is 0. The molecule has 0 unspecified atom stereocenters. The number of aromatic carboxylic acids is 1. The van der Waals surface area contributed by atoms with Gasteiger partial charge in [0.15, 0.2) is 5.69 Å². The first-order valence-corrected chi connectivity index (χ1v) is 6.71. The lowest BCUT2D eigenvalue weighted by Crippen LogP contribution is -2.05. The molecule has 0 saturated carbocycles. The number of nitrogens with one attached hydrogen (secondary N) is 1. The van der Waals surface area contributed by atoms with Crippen molar-refractivity contribution in [1.29, 1.82) is 0 Å². The molecule has 3 rings (SSSR count). The van der Waals surface area contributed by atoms with E-state index >= 15 is 0 Å². The van der Waals surface area contributed by atoms with Crippen molar-refractivity contribution >= 4 is 28.4 Å². The van der Waals surface area contributed by atoms with Gasteiger partial charge in [0.05, 0.1) is 0 Å². The molecule has 0 aliphatic carbocycles. The van der Waals surface area contributed by atoms with Crippen LogP contribution in [0.25, 0.3) is 10.8 Å². The largest absolute Gasteiger partial charge is 0.477 e. The normalized spacial score (nSPS) is 10.5. The molecule has 110 valence electrons. The summed E-state index contributed by atoms with van der Waals surface area (Å²) in [5.74, 6) is -0.0144. The van der Waals surface area contributed by atoms with Gasteiger partial charge in [-0.15, -0.1) is 0 Å². The van der Waals surface area contributed by atoms with Crippen molar-refractivity contribution in [2.24, 2.45) is 0 Å². The average Bonchev–Trinajstić information content (AvgIpc) is 2.53. The Kier molecular flexibility index (Phi) is 3.57. The minimum Gasteiger partial charge on any atom is -0.477 e. The van der Waals surface area contributed by atoms with Crippen LogP contribution in [0.4, 0.5) is 11.6 Å². The number of benzene rings is 1. The summed E-state index contributed by atoms with van der Waals surface area (Å²) in [6, 6.07) is 12.6. The van der Waals surface area contributed by atoms with Crippen LogP contribution < -0.4 is 11.1 Å². The fourth-order valence-corrected chi connectivity index (χ4v) is 2.21. The summed E-state index contributed by atoms with van der Waals surface area (Å²) in [6.07, 6.45) is 1.67. The molecule has 0 atom stereocenters. The van der Waals surface area contributed by atoms with Crippen molar-refractivity contribution in [2.75, 3.05) is 11.1 Å². The summed E-state index contributed by atoms with van der Waals surface area (Å²) in [6.45, 7) is 0.536. The van der Waals surface area contributed by atoms with Gasteiger partial charge in [-0.2, -0.15) is 0 Å². The molecule has 4 N–H and O–H groups in total. The number of fused-ring (bicyclic) bond motifs is 1. The monoisotopic (exact) mass is 294 g/mol. The average molecular weight is 294 g/mol. The quantitative estimate of drug-likeness (QED) is 0.683. The molecule has 0 radical (unpaired) electrons. The van der Waals surface area contributed by atoms with Crippen LogP contribution in [-0.2, 0) is 6.54 Å². The number of carboxylic acids is 1. The molecule has 0 aliphatic heterocycles. The molecular formula is C16H14N4O2. The molecule has 0 spiro atoms. The van der Waals surface area contributed by atoms with Crippen LogP contribution in [0.3, 0.4) is 0 Å². The summed E-state index contributed by atoms with van der Waals surface area (Å²) < 4.78 is 0. The Morgan fingerprint density at radius 2 is 2.09 bits per heavy atom. The number of hydrogen-bond donors (Lipinski definition) is 3. The van der Waals surface area contributed by atoms with Crippen LogP contribution in [-0.4, -0.2) is 21.0 Å². The molecule has 0 aliphatic rings. The minimum atomic E-state index is -1.04. The first-order valence-electron chi connectivity index (χ1n) is 6.71. The highest BCUT2D eigenvalue weighted by Gasteiger charge is 2.05. The van der Waals surface area contributed by atoms with Gasteiger partial charge in [-0.3, -0.25) is 0 Å². The predicted molar refractivity (Wildman–Crippen MR) is 84.7 cm³/mol. The van der Waals surface area contributed by atoms with E-state index in [0.717, 1.165) is 16.3 Å². The maximum absolute atomic E-state index is 10.9. The standard InChI is InChI=1S/C16H14N4O2/c17-15-12-5-4-10(8-11(12)6-7-18-15)9-19-14-3-1-2-13(20-14)16(21)22/h1-8H,9H2,(H2,17,18)(H,19,20)(H,21,22). The van der Waals surface area contributed by atoms with E-state index in [1.54, 1.807) is 18.3 Å². The molecule has 0 fully saturated rings. The van der Waals surface area contributed by atoms with E-state index in [1.807, 2.05) is 24.3 Å². The van der Waals surface area contributed by atoms with Gasteiger partial charge in [-0.25, -0.2) is 14.8 Å². The fraction of sp³-hybridized carbons (Fsp3) is 0.0625. The van der Waals surface area contributed by atoms with Gasteiger partial charge in [-0.1, -0.05) is 18.2 Å². The minimum absolute atomic E-state index is 0.0161. The molecule has 3 aromatic rings. The van der Waals surface area contributed by atoms with Crippen molar-refractivity contribution in [3.63, 3.8) is 0 Å². The van der Waals surface area contributed by atoms with Crippen molar-refractivity contribution in [1.82, 2.24) is 9.97 Å². The molecule has 0 bridgehead atoms. The van der Waals surface area contributed by atoms with Crippen LogP contribution in [0.15, 0.2) is 48.7 Å². The highest BCUT2D eigenvalue weighted by atomic mass is 16.4. The number of rotatable bonds is 4. The first kappa shape index (κ1) is 13.8. The summed E-state index contributed by atoms with van der Waals surface area (Å²) in [5.41, 5.74) is 6.88. The van der Waals surface area contributed by atoms with E-state index in [4.69, 9.17) is 10.8 Å². The van der Waals surface area contributed by atoms with E-state index in [9.17, 15) is 4.79 Å².